The van der Waals surface area contributed by atoms with Crippen molar-refractivity contribution in [3.8, 4) is 11.1 Å². The molecule has 2 aromatic heterocycles. The van der Waals surface area contributed by atoms with E-state index in [1.54, 1.807) is 36.7 Å². The van der Waals surface area contributed by atoms with Crippen molar-refractivity contribution < 1.29 is 4.79 Å². The molecular weight excluding hydrogens is 370 g/mol. The SMILES string of the molecule is CC=C(N)c1ccc(-c2cnc3[nH]cc(C(=O)c4ccc(Cl)cc4)c3c2)cc1. The maximum absolute atomic E-state index is 12.9. The molecule has 4 aromatic rings. The summed E-state index contributed by atoms with van der Waals surface area (Å²) in [5.74, 6) is -0.0712. The van der Waals surface area contributed by atoms with Crippen molar-refractivity contribution in [2.45, 2.75) is 6.92 Å². The number of pyridine rings is 1. The molecule has 0 unspecified atom stereocenters. The first kappa shape index (κ1) is 18.0. The van der Waals surface area contributed by atoms with E-state index in [9.17, 15) is 4.79 Å². The van der Waals surface area contributed by atoms with Crippen LogP contribution in [-0.4, -0.2) is 15.8 Å². The molecule has 2 aromatic carbocycles. The molecule has 5 heteroatoms. The number of nitrogens with two attached hydrogens (primary N) is 1. The molecule has 0 saturated heterocycles. The number of hydrogen-bond donors (Lipinski definition) is 2. The lowest BCUT2D eigenvalue weighted by molar-refractivity contribution is 0.104. The van der Waals surface area contributed by atoms with Gasteiger partial charge in [-0.2, -0.15) is 0 Å². The highest BCUT2D eigenvalue weighted by Crippen LogP contribution is 2.27. The Morgan fingerprint density at radius 1 is 1.04 bits per heavy atom. The fraction of sp³-hybridized carbons (Fsp3) is 0.0435. The van der Waals surface area contributed by atoms with Crippen molar-refractivity contribution in [3.63, 3.8) is 0 Å². The molecule has 0 aliphatic heterocycles. The van der Waals surface area contributed by atoms with Gasteiger partial charge in [-0.1, -0.05) is 41.9 Å². The molecule has 0 spiro atoms. The molecule has 0 atom stereocenters. The minimum absolute atomic E-state index is 0.0712. The van der Waals surface area contributed by atoms with Gasteiger partial charge < -0.3 is 10.7 Å². The number of hydrogen-bond acceptors (Lipinski definition) is 3. The summed E-state index contributed by atoms with van der Waals surface area (Å²) in [6.07, 6.45) is 5.37. The molecule has 4 nitrogen and oxygen atoms in total. The van der Waals surface area contributed by atoms with Crippen molar-refractivity contribution in [2.24, 2.45) is 5.73 Å². The highest BCUT2D eigenvalue weighted by atomic mass is 35.5. The maximum atomic E-state index is 12.9. The molecular formula is C23H18ClN3O. The highest BCUT2D eigenvalue weighted by molar-refractivity contribution is 6.30. The second kappa shape index (κ2) is 7.33. The molecule has 0 bridgehead atoms. The lowest BCUT2D eigenvalue weighted by atomic mass is 10.0. The summed E-state index contributed by atoms with van der Waals surface area (Å²) in [6, 6.07) is 16.8. The number of H-pyrrole nitrogens is 1. The normalized spacial score (nSPS) is 11.7. The summed E-state index contributed by atoms with van der Waals surface area (Å²) in [5.41, 5.74) is 11.5. The second-order valence-electron chi connectivity index (χ2n) is 6.48. The number of ketones is 1. The predicted octanol–water partition coefficient (Wildman–Crippen LogP) is 5.43. The lowest BCUT2D eigenvalue weighted by Gasteiger charge is -2.06. The summed E-state index contributed by atoms with van der Waals surface area (Å²) in [5, 5.41) is 1.39. The molecule has 138 valence electrons. The number of carbonyl (C=O) groups excluding carboxylic acids is 1. The lowest BCUT2D eigenvalue weighted by Crippen LogP contribution is -2.00. The Balaban J connectivity index is 1.74. The first-order chi connectivity index (χ1) is 13.6. The number of allylic oxidation sites excluding steroid dienone is 1. The second-order valence-corrected chi connectivity index (χ2v) is 6.92. The third kappa shape index (κ3) is 3.30. The highest BCUT2D eigenvalue weighted by Gasteiger charge is 2.15. The number of halogens is 1. The average molecular weight is 388 g/mol. The minimum Gasteiger partial charge on any atom is -0.399 e. The Bertz CT molecular complexity index is 1190. The molecule has 0 aliphatic rings. The van der Waals surface area contributed by atoms with E-state index in [4.69, 9.17) is 17.3 Å². The van der Waals surface area contributed by atoms with Crippen LogP contribution in [0, 0.1) is 0 Å². The Labute approximate surface area is 167 Å². The summed E-state index contributed by atoms with van der Waals surface area (Å²) < 4.78 is 0. The zero-order chi connectivity index (χ0) is 19.7. The van der Waals surface area contributed by atoms with Crippen LogP contribution in [0.3, 0.4) is 0 Å². The van der Waals surface area contributed by atoms with Gasteiger partial charge in [0, 0.05) is 45.2 Å². The van der Waals surface area contributed by atoms with E-state index in [2.05, 4.69) is 9.97 Å². The van der Waals surface area contributed by atoms with Crippen LogP contribution < -0.4 is 5.73 Å². The van der Waals surface area contributed by atoms with Gasteiger partial charge in [0.2, 0.25) is 0 Å². The zero-order valence-corrected chi connectivity index (χ0v) is 16.0. The Hall–Kier alpha value is -3.37. The summed E-state index contributed by atoms with van der Waals surface area (Å²) >= 11 is 5.93. The Morgan fingerprint density at radius 3 is 2.39 bits per heavy atom. The topological polar surface area (TPSA) is 71.8 Å². The van der Waals surface area contributed by atoms with Gasteiger partial charge in [0.25, 0.3) is 0 Å². The monoisotopic (exact) mass is 387 g/mol. The van der Waals surface area contributed by atoms with E-state index in [0.29, 0.717) is 21.8 Å². The first-order valence-corrected chi connectivity index (χ1v) is 9.24. The molecule has 0 radical (unpaired) electrons. The number of fused-ring (bicyclic) bond motifs is 1. The number of aromatic amines is 1. The quantitative estimate of drug-likeness (QED) is 0.458. The first-order valence-electron chi connectivity index (χ1n) is 8.87. The standard InChI is InChI=1S/C23H18ClN3O/c1-2-21(25)15-5-3-14(4-6-15)17-11-19-20(13-27-23(19)26-12-17)22(28)16-7-9-18(24)10-8-16/h2-13H,25H2,1H3,(H,26,27). The van der Waals surface area contributed by atoms with E-state index in [0.717, 1.165) is 27.8 Å². The zero-order valence-electron chi connectivity index (χ0n) is 15.2. The van der Waals surface area contributed by atoms with Crippen LogP contribution >= 0.6 is 11.6 Å². The van der Waals surface area contributed by atoms with Gasteiger partial charge in [-0.3, -0.25) is 4.79 Å². The largest absolute Gasteiger partial charge is 0.399 e. The average Bonchev–Trinajstić information content (AvgIpc) is 3.16. The van der Waals surface area contributed by atoms with Gasteiger partial charge >= 0.3 is 0 Å². The molecule has 3 N–H and O–H groups in total. The van der Waals surface area contributed by atoms with Crippen LogP contribution in [0.1, 0.15) is 28.4 Å². The number of benzene rings is 2. The van der Waals surface area contributed by atoms with E-state index < -0.39 is 0 Å². The van der Waals surface area contributed by atoms with Crippen molar-refractivity contribution in [1.82, 2.24) is 9.97 Å². The maximum Gasteiger partial charge on any atom is 0.195 e. The van der Waals surface area contributed by atoms with Crippen LogP contribution in [0.4, 0.5) is 0 Å². The number of rotatable bonds is 4. The number of aromatic nitrogens is 2. The third-order valence-electron chi connectivity index (χ3n) is 4.74. The fourth-order valence-corrected chi connectivity index (χ4v) is 3.25. The molecule has 0 aliphatic carbocycles. The van der Waals surface area contributed by atoms with E-state index in [1.165, 1.54) is 0 Å². The minimum atomic E-state index is -0.0712. The van der Waals surface area contributed by atoms with Crippen molar-refractivity contribution in [3.05, 3.63) is 94.8 Å². The van der Waals surface area contributed by atoms with E-state index >= 15 is 0 Å². The van der Waals surface area contributed by atoms with Crippen LogP contribution in [0.5, 0.6) is 0 Å². The molecule has 28 heavy (non-hydrogen) atoms. The molecule has 4 rings (SSSR count). The van der Waals surface area contributed by atoms with Gasteiger partial charge in [-0.15, -0.1) is 0 Å². The summed E-state index contributed by atoms with van der Waals surface area (Å²) in [4.78, 5) is 20.5. The van der Waals surface area contributed by atoms with Crippen molar-refractivity contribution in [1.29, 1.82) is 0 Å². The summed E-state index contributed by atoms with van der Waals surface area (Å²) in [7, 11) is 0. The van der Waals surface area contributed by atoms with Crippen LogP contribution in [0.2, 0.25) is 5.02 Å². The number of carbonyl (C=O) groups is 1. The van der Waals surface area contributed by atoms with E-state index in [1.807, 2.05) is 43.3 Å². The smallest absolute Gasteiger partial charge is 0.195 e. The molecule has 2 heterocycles. The van der Waals surface area contributed by atoms with Gasteiger partial charge in [0.15, 0.2) is 5.78 Å². The Kier molecular flexibility index (Phi) is 4.72. The molecule has 0 amide bonds. The predicted molar refractivity (Wildman–Crippen MR) is 114 cm³/mol. The fourth-order valence-electron chi connectivity index (χ4n) is 3.13. The number of nitrogens with one attached hydrogen (secondary N) is 1. The molecule has 0 fully saturated rings. The van der Waals surface area contributed by atoms with Gasteiger partial charge in [0.05, 0.1) is 0 Å². The van der Waals surface area contributed by atoms with Crippen LogP contribution in [0.15, 0.2) is 73.1 Å². The van der Waals surface area contributed by atoms with Gasteiger partial charge in [-0.25, -0.2) is 4.98 Å². The van der Waals surface area contributed by atoms with Crippen LogP contribution in [-0.2, 0) is 0 Å². The van der Waals surface area contributed by atoms with E-state index in [-0.39, 0.29) is 5.78 Å². The van der Waals surface area contributed by atoms with Crippen molar-refractivity contribution in [2.75, 3.05) is 0 Å². The third-order valence-corrected chi connectivity index (χ3v) is 5.00. The molecule has 0 saturated carbocycles. The summed E-state index contributed by atoms with van der Waals surface area (Å²) in [6.45, 7) is 1.91. The van der Waals surface area contributed by atoms with Gasteiger partial charge in [-0.05, 0) is 48.4 Å². The number of nitrogens with zero attached hydrogens (tertiary/aromatic N) is 1. The van der Waals surface area contributed by atoms with Gasteiger partial charge in [0.1, 0.15) is 5.65 Å². The van der Waals surface area contributed by atoms with Crippen LogP contribution in [0.25, 0.3) is 27.9 Å². The Morgan fingerprint density at radius 2 is 1.71 bits per heavy atom. The van der Waals surface area contributed by atoms with Crippen molar-refractivity contribution >= 4 is 34.1 Å².